The van der Waals surface area contributed by atoms with Gasteiger partial charge in [0.2, 0.25) is 13.5 Å². The maximum atomic E-state index is 12.8. The first-order valence-corrected chi connectivity index (χ1v) is 14.8. The Morgan fingerprint density at radius 1 is 1.10 bits per heavy atom. The molecule has 218 valence electrons. The number of aromatic nitrogens is 4. The van der Waals surface area contributed by atoms with Crippen LogP contribution in [0.4, 0.5) is 0 Å². The molecule has 0 radical (unpaired) electrons. The number of hydrogen-bond acceptors (Lipinski definition) is 9. The van der Waals surface area contributed by atoms with Gasteiger partial charge in [-0.05, 0) is 56.2 Å². The van der Waals surface area contributed by atoms with Gasteiger partial charge in [-0.3, -0.25) is 9.36 Å². The predicted molar refractivity (Wildman–Crippen MR) is 161 cm³/mol. The molecule has 2 aromatic heterocycles. The molecule has 1 fully saturated rings. The van der Waals surface area contributed by atoms with Crippen LogP contribution in [0.2, 0.25) is 0 Å². The van der Waals surface area contributed by atoms with Gasteiger partial charge in [-0.25, -0.2) is 15.0 Å². The van der Waals surface area contributed by atoms with Crippen LogP contribution in [0.15, 0.2) is 40.6 Å². The molecule has 16 heteroatoms. The number of aromatic hydroxyl groups is 1. The van der Waals surface area contributed by atoms with Crippen molar-refractivity contribution in [3.05, 3.63) is 58.4 Å². The summed E-state index contributed by atoms with van der Waals surface area (Å²) in [6, 6.07) is 6.42. The van der Waals surface area contributed by atoms with Gasteiger partial charge in [0.05, 0.1) is 5.92 Å². The van der Waals surface area contributed by atoms with Crippen molar-refractivity contribution in [3.8, 4) is 23.0 Å². The number of carbonyl (C=O) groups excluding carboxylic acids is 1. The van der Waals surface area contributed by atoms with Crippen LogP contribution in [0.1, 0.15) is 37.2 Å². The smallest absolute Gasteiger partial charge is 0.314 e. The van der Waals surface area contributed by atoms with Crippen LogP contribution in [-0.2, 0) is 18.9 Å². The number of oxazole rings is 1. The number of hydrogen-bond donors (Lipinski definition) is 1. The largest absolute Gasteiger partial charge is 0.492 e. The van der Waals surface area contributed by atoms with Crippen molar-refractivity contribution < 1.29 is 19.1 Å². The van der Waals surface area contributed by atoms with E-state index >= 15 is 0 Å². The Hall–Kier alpha value is -2.01. The van der Waals surface area contributed by atoms with Crippen molar-refractivity contribution in [2.75, 3.05) is 13.1 Å². The summed E-state index contributed by atoms with van der Waals surface area (Å²) in [5.41, 5.74) is 3.48. The summed E-state index contributed by atoms with van der Waals surface area (Å²) in [7, 11) is 0. The van der Waals surface area contributed by atoms with E-state index in [1.54, 1.807) is 30.5 Å². The summed E-state index contributed by atoms with van der Waals surface area (Å²) in [6.45, 7) is 3.60. The van der Waals surface area contributed by atoms with Crippen LogP contribution in [0.5, 0.6) is 11.6 Å². The molecule has 3 heterocycles. The van der Waals surface area contributed by atoms with Gasteiger partial charge in [-0.2, -0.15) is 0 Å². The van der Waals surface area contributed by atoms with Crippen LogP contribution in [0.25, 0.3) is 17.5 Å². The molecule has 0 aliphatic carbocycles. The van der Waals surface area contributed by atoms with E-state index in [0.717, 1.165) is 0 Å². The molecule has 0 amide bonds. The molecule has 0 bridgehead atoms. The molecule has 0 saturated carbocycles. The Bertz CT molecular complexity index is 1500. The molecular weight excluding hydrogens is 679 g/mol. The number of halogens is 6. The zero-order valence-electron chi connectivity index (χ0n) is 21.2. The number of nitrogens with zero attached hydrogens (tertiary/aromatic N) is 5. The Labute approximate surface area is 270 Å². The van der Waals surface area contributed by atoms with Gasteiger partial charge in [0.15, 0.2) is 23.2 Å². The molecule has 4 rings (SSSR count). The van der Waals surface area contributed by atoms with Crippen molar-refractivity contribution in [2.24, 2.45) is 5.92 Å². The number of benzene rings is 1. The Kier molecular flexibility index (Phi) is 10.2. The highest BCUT2D eigenvalue weighted by Crippen LogP contribution is 2.40. The number of esters is 1. The van der Waals surface area contributed by atoms with E-state index in [0.29, 0.717) is 43.8 Å². The minimum Gasteiger partial charge on any atom is -0.492 e. The molecule has 1 saturated heterocycles. The van der Waals surface area contributed by atoms with Crippen molar-refractivity contribution in [1.82, 2.24) is 24.4 Å². The molecule has 1 aliphatic heterocycles. The fourth-order valence-corrected chi connectivity index (χ4v) is 4.71. The summed E-state index contributed by atoms with van der Waals surface area (Å²) >= 11 is 40.7. The summed E-state index contributed by atoms with van der Waals surface area (Å²) in [5, 5.41) is 10.1. The fraction of sp³-hybridized carbons (Fsp3) is 0.360. The van der Waals surface area contributed by atoms with Crippen molar-refractivity contribution in [3.63, 3.8) is 0 Å². The number of rotatable bonds is 6. The number of ether oxygens (including phenoxy) is 1. The topological polar surface area (TPSA) is 107 Å². The quantitative estimate of drug-likeness (QED) is 0.0921. The van der Waals surface area contributed by atoms with E-state index in [1.807, 2.05) is 11.8 Å². The first-order chi connectivity index (χ1) is 19.3. The lowest BCUT2D eigenvalue weighted by molar-refractivity contribution is -0.140. The molecule has 9 nitrogen and oxygen atoms in total. The zero-order valence-corrected chi connectivity index (χ0v) is 26.5. The summed E-state index contributed by atoms with van der Waals surface area (Å²) in [6.07, 6.45) is 4.47. The SMILES string of the molecule is CCn1c(O)c(C=C=CN2CCC(C(=O)Oc3ccc(-c4nc(C(Cl)(Cl)Cl)nc(C(Cl)(Cl)Cl)n4)cc3)CC2)oc1=S. The first kappa shape index (κ1) is 31.9. The average molecular weight is 700 g/mol. The lowest BCUT2D eigenvalue weighted by atomic mass is 9.97. The van der Waals surface area contributed by atoms with Crippen LogP contribution in [0, 0.1) is 10.8 Å². The number of alkyl halides is 6. The molecule has 41 heavy (non-hydrogen) atoms. The third kappa shape index (κ3) is 8.09. The van der Waals surface area contributed by atoms with E-state index in [1.165, 1.54) is 10.6 Å². The lowest BCUT2D eigenvalue weighted by Crippen LogP contribution is -2.34. The maximum Gasteiger partial charge on any atom is 0.314 e. The van der Waals surface area contributed by atoms with Gasteiger partial charge >= 0.3 is 5.97 Å². The summed E-state index contributed by atoms with van der Waals surface area (Å²) < 4.78 is 8.48. The second kappa shape index (κ2) is 13.1. The summed E-state index contributed by atoms with van der Waals surface area (Å²) in [5.74, 6) is -0.393. The Balaban J connectivity index is 1.37. The minimum atomic E-state index is -1.98. The zero-order chi connectivity index (χ0) is 29.9. The lowest BCUT2D eigenvalue weighted by Gasteiger charge is -2.29. The molecule has 0 unspecified atom stereocenters. The van der Waals surface area contributed by atoms with Crippen LogP contribution >= 0.6 is 81.8 Å². The molecule has 1 N–H and O–H groups in total. The van der Waals surface area contributed by atoms with Crippen molar-refractivity contribution in [2.45, 2.75) is 33.9 Å². The third-order valence-corrected chi connectivity index (χ3v) is 7.34. The number of likely N-dealkylation sites (tertiary alicyclic amines) is 1. The van der Waals surface area contributed by atoms with Gasteiger partial charge in [-0.1, -0.05) is 75.3 Å². The predicted octanol–water partition coefficient (Wildman–Crippen LogP) is 7.48. The second-order valence-corrected chi connectivity index (χ2v) is 13.7. The van der Waals surface area contributed by atoms with Gasteiger partial charge in [0, 0.05) is 37.5 Å². The fourth-order valence-electron chi connectivity index (χ4n) is 3.90. The Morgan fingerprint density at radius 2 is 1.68 bits per heavy atom. The van der Waals surface area contributed by atoms with E-state index in [4.69, 9.17) is 91.0 Å². The maximum absolute atomic E-state index is 12.8. The van der Waals surface area contributed by atoms with E-state index in [9.17, 15) is 9.90 Å². The molecular formula is C25H21Cl6N5O4S. The molecule has 1 aromatic carbocycles. The standard InChI is InChI=1S/C25H21Cl6N5O4S/c1-2-36-19(37)17(40-23(36)41)4-3-11-35-12-9-15(10-13-35)20(38)39-16-7-5-14(6-8-16)18-32-21(24(26,27)28)34-22(33-18)25(29,30)31/h4-8,11,15,37H,2,9-10,12-13H2,1H3. The third-order valence-electron chi connectivity index (χ3n) is 6.02. The van der Waals surface area contributed by atoms with Crippen LogP contribution in [0.3, 0.4) is 0 Å². The first-order valence-electron chi connectivity index (χ1n) is 12.1. The van der Waals surface area contributed by atoms with Gasteiger partial charge < -0.3 is 19.2 Å². The monoisotopic (exact) mass is 697 g/mol. The highest BCUT2D eigenvalue weighted by Gasteiger charge is 2.34. The van der Waals surface area contributed by atoms with E-state index < -0.39 is 7.59 Å². The molecule has 0 atom stereocenters. The Morgan fingerprint density at radius 3 is 2.20 bits per heavy atom. The van der Waals surface area contributed by atoms with Gasteiger partial charge in [0.25, 0.3) is 4.84 Å². The number of carbonyl (C=O) groups is 1. The van der Waals surface area contributed by atoms with Crippen molar-refractivity contribution >= 4 is 93.9 Å². The van der Waals surface area contributed by atoms with Gasteiger partial charge in [-0.15, -0.1) is 0 Å². The second-order valence-electron chi connectivity index (χ2n) is 8.80. The average Bonchev–Trinajstić information content (AvgIpc) is 3.19. The van der Waals surface area contributed by atoms with Gasteiger partial charge in [0.1, 0.15) is 5.75 Å². The molecule has 1 aliphatic rings. The van der Waals surface area contributed by atoms with E-state index in [2.05, 4.69) is 20.7 Å². The highest BCUT2D eigenvalue weighted by molar-refractivity contribution is 7.71. The highest BCUT2D eigenvalue weighted by atomic mass is 35.6. The molecule has 3 aromatic rings. The normalized spacial score (nSPS) is 14.5. The number of piperidine rings is 1. The minimum absolute atomic E-state index is 0.0405. The van der Waals surface area contributed by atoms with E-state index in [-0.39, 0.29) is 45.8 Å². The summed E-state index contributed by atoms with van der Waals surface area (Å²) in [4.78, 5) is 27.3. The van der Waals surface area contributed by atoms with Crippen LogP contribution in [-0.4, -0.2) is 48.6 Å². The van der Waals surface area contributed by atoms with Crippen molar-refractivity contribution in [1.29, 1.82) is 0 Å². The van der Waals surface area contributed by atoms with Crippen LogP contribution < -0.4 is 4.74 Å². The molecule has 0 spiro atoms.